The third kappa shape index (κ3) is 2.72. The van der Waals surface area contributed by atoms with E-state index < -0.39 is 0 Å². The van der Waals surface area contributed by atoms with E-state index in [4.69, 9.17) is 0 Å². The largest absolute Gasteiger partial charge is 0.322 e. The zero-order valence-electron chi connectivity index (χ0n) is 11.6. The molecule has 2 heterocycles. The number of nitrogens with zero attached hydrogens (tertiary/aromatic N) is 3. The molecule has 1 aromatic heterocycles. The molecule has 0 radical (unpaired) electrons. The first-order valence-electron chi connectivity index (χ1n) is 6.44. The molecule has 100 valence electrons. The highest BCUT2D eigenvalue weighted by Crippen LogP contribution is 2.27. The maximum Gasteiger partial charge on any atom is 0.241 e. The summed E-state index contributed by atoms with van der Waals surface area (Å²) < 4.78 is 1.69. The van der Waals surface area contributed by atoms with E-state index in [1.807, 2.05) is 13.2 Å². The molecule has 5 nitrogen and oxygen atoms in total. The monoisotopic (exact) mass is 250 g/mol. The van der Waals surface area contributed by atoms with Crippen LogP contribution in [0.5, 0.6) is 0 Å². The van der Waals surface area contributed by atoms with Crippen molar-refractivity contribution in [3.63, 3.8) is 0 Å². The Kier molecular flexibility index (Phi) is 3.43. The zero-order chi connectivity index (χ0) is 13.3. The van der Waals surface area contributed by atoms with Crippen LogP contribution in [0.4, 0.5) is 5.69 Å². The Hall–Kier alpha value is -1.36. The number of aryl methyl sites for hydroxylation is 1. The lowest BCUT2D eigenvalue weighted by Crippen LogP contribution is -2.49. The lowest BCUT2D eigenvalue weighted by Gasteiger charge is -2.36. The van der Waals surface area contributed by atoms with Crippen LogP contribution in [0.15, 0.2) is 12.4 Å². The molecule has 1 amide bonds. The van der Waals surface area contributed by atoms with Gasteiger partial charge in [-0.2, -0.15) is 5.10 Å². The number of carbonyl (C=O) groups excluding carboxylic acids is 1. The number of nitrogens with one attached hydrogen (secondary N) is 1. The van der Waals surface area contributed by atoms with E-state index in [2.05, 4.69) is 36.1 Å². The second kappa shape index (κ2) is 4.72. The number of likely N-dealkylation sites (tertiary alicyclic amines) is 1. The highest BCUT2D eigenvalue weighted by molar-refractivity contribution is 5.94. The number of rotatable bonds is 2. The van der Waals surface area contributed by atoms with Crippen LogP contribution in [0.2, 0.25) is 0 Å². The number of aromatic nitrogens is 2. The average molecular weight is 250 g/mol. The number of hydrogen-bond donors (Lipinski definition) is 1. The first-order chi connectivity index (χ1) is 8.38. The number of anilines is 1. The van der Waals surface area contributed by atoms with Crippen LogP contribution in [-0.2, 0) is 11.8 Å². The van der Waals surface area contributed by atoms with Crippen molar-refractivity contribution in [3.8, 4) is 0 Å². The molecule has 2 rings (SSSR count). The number of hydrogen-bond acceptors (Lipinski definition) is 3. The second-order valence-electron chi connectivity index (χ2n) is 5.91. The van der Waals surface area contributed by atoms with E-state index in [1.54, 1.807) is 10.9 Å². The van der Waals surface area contributed by atoms with Crippen molar-refractivity contribution in [2.24, 2.45) is 7.05 Å². The van der Waals surface area contributed by atoms with Gasteiger partial charge in [0.2, 0.25) is 5.91 Å². The smallest absolute Gasteiger partial charge is 0.241 e. The summed E-state index contributed by atoms with van der Waals surface area (Å²) in [6.07, 6.45) is 5.51. The molecule has 5 heteroatoms. The standard InChI is InChI=1S/C13H22N4O/c1-13(2,3)17-7-5-6-11(17)12(18)15-10-8-14-16(4)9-10/h8-9,11H,5-7H2,1-4H3,(H,15,18). The fourth-order valence-corrected chi connectivity index (χ4v) is 2.55. The minimum Gasteiger partial charge on any atom is -0.322 e. The molecule has 0 saturated carbocycles. The molecule has 1 unspecified atom stereocenters. The maximum absolute atomic E-state index is 12.3. The molecule has 1 N–H and O–H groups in total. The van der Waals surface area contributed by atoms with Crippen molar-refractivity contribution in [1.29, 1.82) is 0 Å². The molecule has 1 aromatic rings. The summed E-state index contributed by atoms with van der Waals surface area (Å²) in [7, 11) is 1.84. The summed E-state index contributed by atoms with van der Waals surface area (Å²) in [6, 6.07) is -0.0230. The van der Waals surface area contributed by atoms with Gasteiger partial charge in [0, 0.05) is 18.8 Å². The molecule has 0 aromatic carbocycles. The fraction of sp³-hybridized carbons (Fsp3) is 0.692. The van der Waals surface area contributed by atoms with E-state index in [9.17, 15) is 4.79 Å². The molecule has 1 aliphatic heterocycles. The summed E-state index contributed by atoms with van der Waals surface area (Å²) in [5.41, 5.74) is 0.802. The predicted molar refractivity (Wildman–Crippen MR) is 71.3 cm³/mol. The Balaban J connectivity index is 2.04. The van der Waals surface area contributed by atoms with E-state index in [-0.39, 0.29) is 17.5 Å². The van der Waals surface area contributed by atoms with Gasteiger partial charge in [0.25, 0.3) is 0 Å². The Labute approximate surface area is 108 Å². The van der Waals surface area contributed by atoms with Gasteiger partial charge >= 0.3 is 0 Å². The molecule has 0 spiro atoms. The van der Waals surface area contributed by atoms with Crippen LogP contribution >= 0.6 is 0 Å². The SMILES string of the molecule is Cn1cc(NC(=O)C2CCCN2C(C)(C)C)cn1. The summed E-state index contributed by atoms with van der Waals surface area (Å²) in [6.45, 7) is 7.46. The van der Waals surface area contributed by atoms with Crippen molar-refractivity contribution in [3.05, 3.63) is 12.4 Å². The van der Waals surface area contributed by atoms with E-state index >= 15 is 0 Å². The van der Waals surface area contributed by atoms with Crippen molar-refractivity contribution in [2.75, 3.05) is 11.9 Å². The quantitative estimate of drug-likeness (QED) is 0.867. The highest BCUT2D eigenvalue weighted by Gasteiger charge is 2.37. The summed E-state index contributed by atoms with van der Waals surface area (Å²) in [5, 5.41) is 7.00. The molecule has 18 heavy (non-hydrogen) atoms. The van der Waals surface area contributed by atoms with E-state index in [0.29, 0.717) is 0 Å². The van der Waals surface area contributed by atoms with Gasteiger partial charge < -0.3 is 5.32 Å². The third-order valence-corrected chi connectivity index (χ3v) is 3.39. The first-order valence-corrected chi connectivity index (χ1v) is 6.44. The summed E-state index contributed by atoms with van der Waals surface area (Å²) in [4.78, 5) is 14.6. The van der Waals surface area contributed by atoms with Crippen LogP contribution in [0.3, 0.4) is 0 Å². The van der Waals surface area contributed by atoms with Crippen LogP contribution in [0.1, 0.15) is 33.6 Å². The highest BCUT2D eigenvalue weighted by atomic mass is 16.2. The van der Waals surface area contributed by atoms with E-state index in [0.717, 1.165) is 25.1 Å². The van der Waals surface area contributed by atoms with Gasteiger partial charge in [0.1, 0.15) is 0 Å². The van der Waals surface area contributed by atoms with Crippen molar-refractivity contribution in [2.45, 2.75) is 45.2 Å². The molecule has 1 atom stereocenters. The lowest BCUT2D eigenvalue weighted by atomic mass is 10.0. The van der Waals surface area contributed by atoms with Gasteiger partial charge in [0.15, 0.2) is 0 Å². The zero-order valence-corrected chi connectivity index (χ0v) is 11.6. The van der Waals surface area contributed by atoms with Crippen molar-refractivity contribution in [1.82, 2.24) is 14.7 Å². The summed E-state index contributed by atoms with van der Waals surface area (Å²) >= 11 is 0. The van der Waals surface area contributed by atoms with Crippen molar-refractivity contribution < 1.29 is 4.79 Å². The van der Waals surface area contributed by atoms with Gasteiger partial charge in [-0.15, -0.1) is 0 Å². The van der Waals surface area contributed by atoms with Gasteiger partial charge in [-0.25, -0.2) is 0 Å². The Morgan fingerprint density at radius 1 is 1.50 bits per heavy atom. The summed E-state index contributed by atoms with van der Waals surface area (Å²) in [5.74, 6) is 0.0791. The predicted octanol–water partition coefficient (Wildman–Crippen LogP) is 1.62. The third-order valence-electron chi connectivity index (χ3n) is 3.39. The lowest BCUT2D eigenvalue weighted by molar-refractivity contribution is -0.121. The Bertz CT molecular complexity index is 432. The van der Waals surface area contributed by atoms with Gasteiger partial charge in [-0.3, -0.25) is 14.4 Å². The van der Waals surface area contributed by atoms with E-state index in [1.165, 1.54) is 0 Å². The van der Waals surface area contributed by atoms with Crippen LogP contribution < -0.4 is 5.32 Å². The Morgan fingerprint density at radius 3 is 2.78 bits per heavy atom. The van der Waals surface area contributed by atoms with Gasteiger partial charge in [0.05, 0.1) is 17.9 Å². The molecule has 1 aliphatic rings. The topological polar surface area (TPSA) is 50.2 Å². The molecule has 1 saturated heterocycles. The average Bonchev–Trinajstić information content (AvgIpc) is 2.85. The van der Waals surface area contributed by atoms with Crippen LogP contribution in [-0.4, -0.2) is 38.7 Å². The normalized spacial score (nSPS) is 21.2. The Morgan fingerprint density at radius 2 is 2.22 bits per heavy atom. The number of amides is 1. The molecular weight excluding hydrogens is 228 g/mol. The van der Waals surface area contributed by atoms with Gasteiger partial charge in [-0.05, 0) is 40.2 Å². The first kappa shape index (κ1) is 13.1. The molecule has 0 aliphatic carbocycles. The molecular formula is C13H22N4O. The molecule has 0 bridgehead atoms. The number of carbonyl (C=O) groups is 1. The van der Waals surface area contributed by atoms with Crippen molar-refractivity contribution >= 4 is 11.6 Å². The maximum atomic E-state index is 12.3. The fourth-order valence-electron chi connectivity index (χ4n) is 2.55. The minimum atomic E-state index is -0.0230. The second-order valence-corrected chi connectivity index (χ2v) is 5.91. The molecule has 1 fully saturated rings. The minimum absolute atomic E-state index is 0.0230. The van der Waals surface area contributed by atoms with Crippen LogP contribution in [0.25, 0.3) is 0 Å². The van der Waals surface area contributed by atoms with Crippen LogP contribution in [0, 0.1) is 0 Å². The van der Waals surface area contributed by atoms with Gasteiger partial charge in [-0.1, -0.05) is 0 Å².